The van der Waals surface area contributed by atoms with E-state index in [1.54, 1.807) is 44.6 Å². The monoisotopic (exact) mass is 467 g/mol. The molecule has 174 valence electrons. The van der Waals surface area contributed by atoms with Crippen LogP contribution in [0.4, 0.5) is 23.0 Å². The molecule has 1 heterocycles. The van der Waals surface area contributed by atoms with Crippen molar-refractivity contribution >= 4 is 46.1 Å². The number of benzene rings is 2. The molecule has 0 spiro atoms. The molecule has 2 aromatic carbocycles. The van der Waals surface area contributed by atoms with Gasteiger partial charge in [-0.25, -0.2) is 14.2 Å². The van der Waals surface area contributed by atoms with Gasteiger partial charge in [0.1, 0.15) is 11.5 Å². The summed E-state index contributed by atoms with van der Waals surface area (Å²) in [6.07, 6.45) is 5.58. The number of anilines is 4. The number of nitrogens with one attached hydrogen (secondary N) is 2. The molecule has 0 fully saturated rings. The SMILES string of the molecule is CC/C=c1/nc(Nc2cc(OC)cc(OC)c2)c(NS(=O)c2cccc(N)c2)n/c1=C/CC. The second kappa shape index (κ2) is 11.3. The number of ether oxygens (including phenoxy) is 2. The predicted molar refractivity (Wildman–Crippen MR) is 135 cm³/mol. The molecule has 9 heteroatoms. The lowest BCUT2D eigenvalue weighted by molar-refractivity contribution is 0.395. The van der Waals surface area contributed by atoms with Crippen LogP contribution in [-0.4, -0.2) is 28.4 Å². The Morgan fingerprint density at radius 2 is 1.55 bits per heavy atom. The fourth-order valence-electron chi connectivity index (χ4n) is 3.10. The summed E-state index contributed by atoms with van der Waals surface area (Å²) < 4.78 is 26.8. The summed E-state index contributed by atoms with van der Waals surface area (Å²) in [5.41, 5.74) is 7.08. The van der Waals surface area contributed by atoms with Gasteiger partial charge in [0.2, 0.25) is 0 Å². The molecule has 0 radical (unpaired) electrons. The third kappa shape index (κ3) is 6.23. The van der Waals surface area contributed by atoms with Crippen molar-refractivity contribution in [1.29, 1.82) is 0 Å². The first kappa shape index (κ1) is 24.1. The Kier molecular flexibility index (Phi) is 8.26. The average molecular weight is 468 g/mol. The summed E-state index contributed by atoms with van der Waals surface area (Å²) >= 11 is 0. The van der Waals surface area contributed by atoms with Crippen molar-refractivity contribution in [2.75, 3.05) is 30.0 Å². The van der Waals surface area contributed by atoms with Crippen LogP contribution in [0.1, 0.15) is 26.7 Å². The minimum absolute atomic E-state index is 0.352. The molecule has 33 heavy (non-hydrogen) atoms. The number of nitrogen functional groups attached to an aromatic ring is 1. The molecular formula is C24H29N5O3S. The van der Waals surface area contributed by atoms with E-state index in [9.17, 15) is 4.21 Å². The highest BCUT2D eigenvalue weighted by molar-refractivity contribution is 7.86. The van der Waals surface area contributed by atoms with Crippen LogP contribution in [0.25, 0.3) is 12.2 Å². The normalized spacial score (nSPS) is 13.0. The maximum absolute atomic E-state index is 13.0. The summed E-state index contributed by atoms with van der Waals surface area (Å²) in [4.78, 5) is 10.1. The van der Waals surface area contributed by atoms with Crippen LogP contribution < -0.4 is 35.9 Å². The Hall–Kier alpha value is -3.59. The number of nitrogens with zero attached hydrogens (tertiary/aromatic N) is 2. The molecule has 3 rings (SSSR count). The molecular weight excluding hydrogens is 438 g/mol. The van der Waals surface area contributed by atoms with E-state index < -0.39 is 11.0 Å². The molecule has 0 aliphatic heterocycles. The summed E-state index contributed by atoms with van der Waals surface area (Å²) in [7, 11) is 1.58. The molecule has 0 amide bonds. The zero-order chi connectivity index (χ0) is 23.8. The third-order valence-corrected chi connectivity index (χ3v) is 5.68. The van der Waals surface area contributed by atoms with Crippen molar-refractivity contribution in [3.63, 3.8) is 0 Å². The zero-order valence-electron chi connectivity index (χ0n) is 19.2. The van der Waals surface area contributed by atoms with Crippen molar-refractivity contribution < 1.29 is 13.7 Å². The van der Waals surface area contributed by atoms with E-state index >= 15 is 0 Å². The quantitative estimate of drug-likeness (QED) is 0.414. The average Bonchev–Trinajstić information content (AvgIpc) is 2.81. The van der Waals surface area contributed by atoms with Crippen molar-refractivity contribution in [2.24, 2.45) is 0 Å². The van der Waals surface area contributed by atoms with Gasteiger partial charge in [0.25, 0.3) is 0 Å². The number of aromatic nitrogens is 2. The molecule has 8 nitrogen and oxygen atoms in total. The summed E-state index contributed by atoms with van der Waals surface area (Å²) in [6, 6.07) is 12.3. The Morgan fingerprint density at radius 1 is 0.939 bits per heavy atom. The second-order valence-electron chi connectivity index (χ2n) is 7.09. The first-order chi connectivity index (χ1) is 16.0. The summed E-state index contributed by atoms with van der Waals surface area (Å²) in [5, 5.41) is 4.74. The van der Waals surface area contributed by atoms with E-state index in [0.717, 1.165) is 23.5 Å². The van der Waals surface area contributed by atoms with Gasteiger partial charge in [-0.2, -0.15) is 0 Å². The number of nitrogens with two attached hydrogens (primary N) is 1. The first-order valence-corrected chi connectivity index (χ1v) is 11.7. The maximum Gasteiger partial charge on any atom is 0.182 e. The van der Waals surface area contributed by atoms with E-state index in [1.807, 2.05) is 38.1 Å². The number of hydrogen-bond donors (Lipinski definition) is 3. The summed E-state index contributed by atoms with van der Waals surface area (Å²) in [6.45, 7) is 4.07. The van der Waals surface area contributed by atoms with Crippen molar-refractivity contribution in [3.8, 4) is 11.5 Å². The fraction of sp³-hybridized carbons (Fsp3) is 0.250. The molecule has 0 aliphatic carbocycles. The standard InChI is InChI=1S/C24H29N5O3S/c1-5-8-21-22(9-6-2)28-24(29-33(30)20-11-7-10-16(25)12-20)23(27-21)26-17-13-18(31-3)15-19(14-17)32-4/h7-15H,5-6,25H2,1-4H3,(H,26,27)(H,28,29)/b21-8+,22-9+. The number of rotatable bonds is 9. The van der Waals surface area contributed by atoms with Crippen molar-refractivity contribution in [3.05, 3.63) is 53.2 Å². The smallest absolute Gasteiger partial charge is 0.182 e. The Labute approximate surface area is 196 Å². The van der Waals surface area contributed by atoms with Gasteiger partial charge < -0.3 is 20.5 Å². The van der Waals surface area contributed by atoms with Crippen LogP contribution in [0.15, 0.2) is 47.4 Å². The Morgan fingerprint density at radius 3 is 2.09 bits per heavy atom. The van der Waals surface area contributed by atoms with Crippen LogP contribution in [0.2, 0.25) is 0 Å². The highest BCUT2D eigenvalue weighted by Crippen LogP contribution is 2.29. The van der Waals surface area contributed by atoms with Gasteiger partial charge in [-0.3, -0.25) is 4.72 Å². The second-order valence-corrected chi connectivity index (χ2v) is 8.30. The fourth-order valence-corrected chi connectivity index (χ4v) is 3.98. The summed E-state index contributed by atoms with van der Waals surface area (Å²) in [5.74, 6) is 2.03. The minimum atomic E-state index is -1.59. The highest BCUT2D eigenvalue weighted by atomic mass is 32.2. The van der Waals surface area contributed by atoms with Crippen LogP contribution in [0.5, 0.6) is 11.5 Å². The molecule has 0 aliphatic rings. The largest absolute Gasteiger partial charge is 0.497 e. The van der Waals surface area contributed by atoms with E-state index in [0.29, 0.717) is 39.4 Å². The molecule has 1 aromatic heterocycles. The van der Waals surface area contributed by atoms with Crippen LogP contribution in [0, 0.1) is 0 Å². The van der Waals surface area contributed by atoms with Gasteiger partial charge in [0.15, 0.2) is 22.6 Å². The van der Waals surface area contributed by atoms with Crippen molar-refractivity contribution in [2.45, 2.75) is 31.6 Å². The lowest BCUT2D eigenvalue weighted by atomic mass is 10.2. The minimum Gasteiger partial charge on any atom is -0.497 e. The molecule has 0 saturated heterocycles. The highest BCUT2D eigenvalue weighted by Gasteiger charge is 2.13. The van der Waals surface area contributed by atoms with Gasteiger partial charge in [-0.15, -0.1) is 0 Å². The molecule has 4 N–H and O–H groups in total. The molecule has 1 unspecified atom stereocenters. The van der Waals surface area contributed by atoms with E-state index in [-0.39, 0.29) is 0 Å². The maximum atomic E-state index is 13.0. The number of methoxy groups -OCH3 is 2. The Balaban J connectivity index is 2.10. The van der Waals surface area contributed by atoms with Crippen LogP contribution >= 0.6 is 0 Å². The van der Waals surface area contributed by atoms with E-state index in [2.05, 4.69) is 10.0 Å². The third-order valence-electron chi connectivity index (χ3n) is 4.62. The number of hydrogen-bond acceptors (Lipinski definition) is 7. The van der Waals surface area contributed by atoms with Crippen molar-refractivity contribution in [1.82, 2.24) is 9.97 Å². The van der Waals surface area contributed by atoms with E-state index in [4.69, 9.17) is 25.2 Å². The molecule has 0 bridgehead atoms. The lowest BCUT2D eigenvalue weighted by Crippen LogP contribution is -2.33. The topological polar surface area (TPSA) is 111 Å². The molecule has 3 aromatic rings. The zero-order valence-corrected chi connectivity index (χ0v) is 20.0. The van der Waals surface area contributed by atoms with Gasteiger partial charge in [-0.05, 0) is 31.0 Å². The predicted octanol–water partition coefficient (Wildman–Crippen LogP) is 3.34. The van der Waals surface area contributed by atoms with Gasteiger partial charge >= 0.3 is 0 Å². The lowest BCUT2D eigenvalue weighted by Gasteiger charge is -2.14. The molecule has 1 atom stereocenters. The van der Waals surface area contributed by atoms with Crippen LogP contribution in [0.3, 0.4) is 0 Å². The molecule has 0 saturated carbocycles. The van der Waals surface area contributed by atoms with Gasteiger partial charge in [0.05, 0.1) is 29.8 Å². The van der Waals surface area contributed by atoms with E-state index in [1.165, 1.54) is 0 Å². The Bertz CT molecular complexity index is 1240. The van der Waals surface area contributed by atoms with Gasteiger partial charge in [-0.1, -0.05) is 32.1 Å². The first-order valence-electron chi connectivity index (χ1n) is 10.6. The van der Waals surface area contributed by atoms with Gasteiger partial charge in [0, 0.05) is 29.6 Å². The van der Waals surface area contributed by atoms with Crippen LogP contribution in [-0.2, 0) is 11.0 Å².